The molecule has 0 unspecified atom stereocenters. The lowest BCUT2D eigenvalue weighted by Crippen LogP contribution is -2.29. The molecule has 168 valence electrons. The van der Waals surface area contributed by atoms with Crippen LogP contribution in [-0.2, 0) is 22.6 Å². The summed E-state index contributed by atoms with van der Waals surface area (Å²) in [6, 6.07) is 14.1. The van der Waals surface area contributed by atoms with E-state index in [2.05, 4.69) is 4.98 Å². The van der Waals surface area contributed by atoms with Gasteiger partial charge in [0.15, 0.2) is 11.6 Å². The highest BCUT2D eigenvalue weighted by atomic mass is 19.1. The molecule has 2 heterocycles. The van der Waals surface area contributed by atoms with E-state index in [0.29, 0.717) is 5.56 Å². The zero-order valence-electron chi connectivity index (χ0n) is 18.3. The van der Waals surface area contributed by atoms with Crippen molar-refractivity contribution in [2.45, 2.75) is 25.9 Å². The number of carbonyl (C=O) groups excluding carboxylic acids is 2. The van der Waals surface area contributed by atoms with Crippen LogP contribution >= 0.6 is 0 Å². The van der Waals surface area contributed by atoms with Crippen LogP contribution in [0.15, 0.2) is 72.6 Å². The summed E-state index contributed by atoms with van der Waals surface area (Å²) in [5.74, 6) is -2.67. The molecule has 3 aromatic rings. The van der Waals surface area contributed by atoms with Crippen molar-refractivity contribution >= 4 is 17.4 Å². The lowest BCUT2D eigenvalue weighted by molar-refractivity contribution is -0.140. The number of amides is 1. The van der Waals surface area contributed by atoms with Crippen molar-refractivity contribution in [2.75, 3.05) is 7.11 Å². The minimum Gasteiger partial charge on any atom is -0.507 e. The first kappa shape index (κ1) is 22.2. The molecule has 0 saturated carbocycles. The number of rotatable bonds is 6. The van der Waals surface area contributed by atoms with Gasteiger partial charge in [0.05, 0.1) is 18.7 Å². The van der Waals surface area contributed by atoms with Crippen molar-refractivity contribution < 1.29 is 23.8 Å². The number of hydrogen-bond acceptors (Lipinski definition) is 5. The third-order valence-corrected chi connectivity index (χ3v) is 5.74. The van der Waals surface area contributed by atoms with E-state index < -0.39 is 29.3 Å². The van der Waals surface area contributed by atoms with Gasteiger partial charge in [-0.15, -0.1) is 0 Å². The molecule has 0 bridgehead atoms. The maximum atomic E-state index is 14.3. The second-order valence-corrected chi connectivity index (χ2v) is 7.73. The SMILES string of the molecule is CCc1ccc([C@H]2C(=C(O)c3ccc(OC)c(F)c3)C(=O)C(=O)N2Cc2cccnc2)cc1. The molecule has 0 radical (unpaired) electrons. The number of carbonyl (C=O) groups is 2. The number of aliphatic hydroxyl groups is 1. The minimum atomic E-state index is -0.832. The Kier molecular flexibility index (Phi) is 6.22. The number of aliphatic hydroxyl groups excluding tert-OH is 1. The number of ether oxygens (including phenoxy) is 1. The van der Waals surface area contributed by atoms with Gasteiger partial charge in [0, 0.05) is 24.5 Å². The summed E-state index contributed by atoms with van der Waals surface area (Å²) in [6.07, 6.45) is 4.08. The lowest BCUT2D eigenvalue weighted by atomic mass is 9.94. The van der Waals surface area contributed by atoms with Gasteiger partial charge in [0.25, 0.3) is 11.7 Å². The van der Waals surface area contributed by atoms with Gasteiger partial charge in [-0.3, -0.25) is 14.6 Å². The van der Waals surface area contributed by atoms with Crippen LogP contribution in [0.1, 0.15) is 35.2 Å². The highest BCUT2D eigenvalue weighted by Gasteiger charge is 2.46. The molecular weight excluding hydrogens is 423 g/mol. The van der Waals surface area contributed by atoms with Gasteiger partial charge in [-0.25, -0.2) is 4.39 Å². The average Bonchev–Trinajstić information content (AvgIpc) is 3.09. The Balaban J connectivity index is 1.85. The van der Waals surface area contributed by atoms with Crippen molar-refractivity contribution in [2.24, 2.45) is 0 Å². The van der Waals surface area contributed by atoms with Crippen molar-refractivity contribution in [3.8, 4) is 5.75 Å². The summed E-state index contributed by atoms with van der Waals surface area (Å²) in [4.78, 5) is 31.6. The van der Waals surface area contributed by atoms with E-state index in [4.69, 9.17) is 4.74 Å². The Morgan fingerprint density at radius 3 is 2.48 bits per heavy atom. The molecule has 6 nitrogen and oxygen atoms in total. The van der Waals surface area contributed by atoms with Gasteiger partial charge in [-0.1, -0.05) is 37.3 Å². The van der Waals surface area contributed by atoms with E-state index in [9.17, 15) is 19.1 Å². The number of methoxy groups -OCH3 is 1. The Morgan fingerprint density at radius 2 is 1.88 bits per heavy atom. The standard InChI is InChI=1S/C26H23FN2O4/c1-3-16-6-8-18(9-7-16)23-22(24(30)19-10-11-21(33-2)20(27)13-19)25(31)26(32)29(23)15-17-5-4-12-28-14-17/h4-14,23,30H,3,15H2,1-2H3/t23-/m0/s1. The third-order valence-electron chi connectivity index (χ3n) is 5.74. The number of aromatic nitrogens is 1. The largest absolute Gasteiger partial charge is 0.507 e. The normalized spacial score (nSPS) is 17.4. The van der Waals surface area contributed by atoms with Crippen molar-refractivity contribution in [3.05, 3.63) is 101 Å². The van der Waals surface area contributed by atoms with E-state index >= 15 is 0 Å². The predicted molar refractivity (Wildman–Crippen MR) is 121 cm³/mol. The molecule has 1 aliphatic rings. The van der Waals surface area contributed by atoms with Gasteiger partial charge in [0.1, 0.15) is 5.76 Å². The van der Waals surface area contributed by atoms with Crippen LogP contribution in [0.3, 0.4) is 0 Å². The molecular formula is C26H23FN2O4. The van der Waals surface area contributed by atoms with Crippen molar-refractivity contribution in [3.63, 3.8) is 0 Å². The lowest BCUT2D eigenvalue weighted by Gasteiger charge is -2.25. The van der Waals surface area contributed by atoms with E-state index in [1.165, 1.54) is 24.1 Å². The summed E-state index contributed by atoms with van der Waals surface area (Å²) in [7, 11) is 1.34. The first-order valence-corrected chi connectivity index (χ1v) is 10.5. The van der Waals surface area contributed by atoms with Crippen LogP contribution in [0, 0.1) is 5.82 Å². The molecule has 1 atom stereocenters. The van der Waals surface area contributed by atoms with Gasteiger partial charge in [0.2, 0.25) is 0 Å². The summed E-state index contributed by atoms with van der Waals surface area (Å²) in [5.41, 5.74) is 2.51. The van der Waals surface area contributed by atoms with E-state index in [0.717, 1.165) is 23.6 Å². The first-order chi connectivity index (χ1) is 15.9. The fourth-order valence-electron chi connectivity index (χ4n) is 3.98. The predicted octanol–water partition coefficient (Wildman–Crippen LogP) is 4.41. The fourth-order valence-corrected chi connectivity index (χ4v) is 3.98. The topological polar surface area (TPSA) is 79.7 Å². The van der Waals surface area contributed by atoms with Crippen LogP contribution in [0.4, 0.5) is 4.39 Å². The van der Waals surface area contributed by atoms with Crippen LogP contribution in [-0.4, -0.2) is 33.8 Å². The number of nitrogens with zero attached hydrogens (tertiary/aromatic N) is 2. The quantitative estimate of drug-likeness (QED) is 0.345. The Labute approximate surface area is 191 Å². The Hall–Kier alpha value is -4.00. The number of aryl methyl sites for hydroxylation is 1. The molecule has 1 aliphatic heterocycles. The number of ketones is 1. The van der Waals surface area contributed by atoms with Crippen LogP contribution in [0.5, 0.6) is 5.75 Å². The Morgan fingerprint density at radius 1 is 1.12 bits per heavy atom. The highest BCUT2D eigenvalue weighted by molar-refractivity contribution is 6.46. The molecule has 1 fully saturated rings. The maximum Gasteiger partial charge on any atom is 0.295 e. The third kappa shape index (κ3) is 4.22. The average molecular weight is 446 g/mol. The molecule has 0 aliphatic carbocycles. The minimum absolute atomic E-state index is 0.00952. The molecule has 1 N–H and O–H groups in total. The molecule has 7 heteroatoms. The summed E-state index contributed by atoms with van der Waals surface area (Å²) < 4.78 is 19.2. The first-order valence-electron chi connectivity index (χ1n) is 10.5. The van der Waals surface area contributed by atoms with Gasteiger partial charge >= 0.3 is 0 Å². The Bertz CT molecular complexity index is 1220. The fraction of sp³-hybridized carbons (Fsp3) is 0.192. The zero-order chi connectivity index (χ0) is 23.5. The second-order valence-electron chi connectivity index (χ2n) is 7.73. The summed E-state index contributed by atoms with van der Waals surface area (Å²) in [5, 5.41) is 11.1. The number of pyridine rings is 1. The number of benzene rings is 2. The maximum absolute atomic E-state index is 14.3. The number of Topliss-reactive ketones (excluding diaryl/α,β-unsaturated/α-hetero) is 1. The van der Waals surface area contributed by atoms with Gasteiger partial charge < -0.3 is 14.7 Å². The zero-order valence-corrected chi connectivity index (χ0v) is 18.3. The highest BCUT2D eigenvalue weighted by Crippen LogP contribution is 2.40. The summed E-state index contributed by atoms with van der Waals surface area (Å²) in [6.45, 7) is 2.16. The second kappa shape index (κ2) is 9.24. The van der Waals surface area contributed by atoms with Crippen LogP contribution < -0.4 is 4.74 Å². The monoisotopic (exact) mass is 446 g/mol. The van der Waals surface area contributed by atoms with Crippen molar-refractivity contribution in [1.29, 1.82) is 0 Å². The van der Waals surface area contributed by atoms with Gasteiger partial charge in [-0.05, 0) is 47.4 Å². The number of hydrogen-bond donors (Lipinski definition) is 1. The van der Waals surface area contributed by atoms with Crippen molar-refractivity contribution in [1.82, 2.24) is 9.88 Å². The molecule has 1 aromatic heterocycles. The number of likely N-dealkylation sites (tertiary alicyclic amines) is 1. The summed E-state index contributed by atoms with van der Waals surface area (Å²) >= 11 is 0. The van der Waals surface area contributed by atoms with E-state index in [-0.39, 0.29) is 23.4 Å². The molecule has 0 spiro atoms. The molecule has 33 heavy (non-hydrogen) atoms. The number of halogens is 1. The van der Waals surface area contributed by atoms with Crippen LogP contribution in [0.2, 0.25) is 0 Å². The van der Waals surface area contributed by atoms with E-state index in [1.54, 1.807) is 18.5 Å². The van der Waals surface area contributed by atoms with Gasteiger partial charge in [-0.2, -0.15) is 0 Å². The van der Waals surface area contributed by atoms with Crippen LogP contribution in [0.25, 0.3) is 5.76 Å². The van der Waals surface area contributed by atoms with E-state index in [1.807, 2.05) is 37.3 Å². The molecule has 2 aromatic carbocycles. The molecule has 1 saturated heterocycles. The molecule has 1 amide bonds. The smallest absolute Gasteiger partial charge is 0.295 e. The molecule has 4 rings (SSSR count).